The Balaban J connectivity index is 1.54. The molecule has 2 aromatic carbocycles. The van der Waals surface area contributed by atoms with Crippen LogP contribution in [0.4, 0.5) is 27.5 Å². The third kappa shape index (κ3) is 5.10. The number of hydrogen-bond donors (Lipinski definition) is 4. The second-order valence-electron chi connectivity index (χ2n) is 6.37. The molecular weight excluding hydrogens is 374 g/mol. The van der Waals surface area contributed by atoms with Gasteiger partial charge in [0.05, 0.1) is 11.4 Å². The van der Waals surface area contributed by atoms with Crippen LogP contribution in [0, 0.1) is 0 Å². The second kappa shape index (κ2) is 8.87. The lowest BCUT2D eigenvalue weighted by atomic mass is 10.1. The number of carbonyl (C=O) groups is 4. The van der Waals surface area contributed by atoms with E-state index in [4.69, 9.17) is 0 Å². The van der Waals surface area contributed by atoms with Gasteiger partial charge in [0.1, 0.15) is 6.54 Å². The molecule has 1 aliphatic rings. The van der Waals surface area contributed by atoms with Gasteiger partial charge in [-0.15, -0.1) is 0 Å². The molecular formula is C20H21N5O4. The highest BCUT2D eigenvalue weighted by molar-refractivity contribution is 6.10. The lowest BCUT2D eigenvalue weighted by Gasteiger charge is -2.29. The van der Waals surface area contributed by atoms with E-state index in [1.807, 2.05) is 0 Å². The van der Waals surface area contributed by atoms with Gasteiger partial charge in [0, 0.05) is 31.3 Å². The van der Waals surface area contributed by atoms with E-state index in [-0.39, 0.29) is 43.1 Å². The van der Waals surface area contributed by atoms with Crippen molar-refractivity contribution < 1.29 is 19.2 Å². The van der Waals surface area contributed by atoms with E-state index in [0.29, 0.717) is 22.7 Å². The third-order valence-corrected chi connectivity index (χ3v) is 4.29. The van der Waals surface area contributed by atoms with Gasteiger partial charge in [0.15, 0.2) is 0 Å². The van der Waals surface area contributed by atoms with Gasteiger partial charge in [-0.3, -0.25) is 14.4 Å². The molecule has 0 radical (unpaired) electrons. The van der Waals surface area contributed by atoms with Crippen LogP contribution in [-0.2, 0) is 14.4 Å². The molecule has 0 atom stereocenters. The van der Waals surface area contributed by atoms with Crippen molar-refractivity contribution in [1.29, 1.82) is 0 Å². The summed E-state index contributed by atoms with van der Waals surface area (Å²) in [6.45, 7) is -0.0722. The van der Waals surface area contributed by atoms with Gasteiger partial charge < -0.3 is 26.2 Å². The molecule has 0 aliphatic carbocycles. The highest BCUT2D eigenvalue weighted by atomic mass is 16.2. The number of nitrogens with zero attached hydrogens (tertiary/aromatic N) is 1. The van der Waals surface area contributed by atoms with Crippen LogP contribution in [0.5, 0.6) is 0 Å². The average molecular weight is 395 g/mol. The Labute approximate surface area is 167 Å². The van der Waals surface area contributed by atoms with E-state index >= 15 is 0 Å². The van der Waals surface area contributed by atoms with Crippen LogP contribution >= 0.6 is 0 Å². The fraction of sp³-hybridized carbons (Fsp3) is 0.200. The first kappa shape index (κ1) is 19.9. The largest absolute Gasteiger partial charge is 0.341 e. The molecule has 0 saturated carbocycles. The number of anilines is 4. The second-order valence-corrected chi connectivity index (χ2v) is 6.37. The summed E-state index contributed by atoms with van der Waals surface area (Å²) in [7, 11) is 1.51. The van der Waals surface area contributed by atoms with E-state index < -0.39 is 0 Å². The van der Waals surface area contributed by atoms with Crippen molar-refractivity contribution in [3.63, 3.8) is 0 Å². The predicted octanol–water partition coefficient (Wildman–Crippen LogP) is 2.14. The molecule has 5 amide bonds. The molecule has 29 heavy (non-hydrogen) atoms. The van der Waals surface area contributed by atoms with Gasteiger partial charge in [-0.05, 0) is 36.4 Å². The van der Waals surface area contributed by atoms with Gasteiger partial charge >= 0.3 is 6.03 Å². The number of rotatable bonds is 5. The molecule has 0 aromatic heterocycles. The number of carbonyl (C=O) groups excluding carboxylic acids is 4. The Morgan fingerprint density at radius 3 is 2.31 bits per heavy atom. The highest BCUT2D eigenvalue weighted by Crippen LogP contribution is 2.29. The number of fused-ring (bicyclic) bond motifs is 1. The minimum Gasteiger partial charge on any atom is -0.341 e. The number of nitrogens with one attached hydrogen (secondary N) is 4. The number of amides is 5. The van der Waals surface area contributed by atoms with Crippen LogP contribution in [0.3, 0.4) is 0 Å². The van der Waals surface area contributed by atoms with Crippen LogP contribution < -0.4 is 26.2 Å². The molecule has 0 saturated heterocycles. The molecule has 3 rings (SSSR count). The van der Waals surface area contributed by atoms with Crippen LogP contribution in [0.1, 0.15) is 12.8 Å². The fourth-order valence-corrected chi connectivity index (χ4v) is 2.87. The molecule has 2 aromatic rings. The summed E-state index contributed by atoms with van der Waals surface area (Å²) in [5, 5.41) is 10.5. The van der Waals surface area contributed by atoms with Crippen molar-refractivity contribution in [2.24, 2.45) is 0 Å². The zero-order valence-electron chi connectivity index (χ0n) is 15.8. The molecule has 9 heteroatoms. The lowest BCUT2D eigenvalue weighted by molar-refractivity contribution is -0.124. The van der Waals surface area contributed by atoms with Gasteiger partial charge in [0.2, 0.25) is 17.7 Å². The maximum absolute atomic E-state index is 12.6. The molecule has 0 bridgehead atoms. The van der Waals surface area contributed by atoms with Crippen LogP contribution in [-0.4, -0.2) is 37.3 Å². The van der Waals surface area contributed by atoms with Crippen LogP contribution in [0.25, 0.3) is 0 Å². The minimum absolute atomic E-state index is 0.0165. The minimum atomic E-state index is -0.340. The molecule has 1 heterocycles. The van der Waals surface area contributed by atoms with E-state index in [0.717, 1.165) is 0 Å². The highest BCUT2D eigenvalue weighted by Gasteiger charge is 2.26. The average Bonchev–Trinajstić information content (AvgIpc) is 2.72. The van der Waals surface area contributed by atoms with Gasteiger partial charge in [-0.2, -0.15) is 0 Å². The first-order valence-electron chi connectivity index (χ1n) is 9.04. The standard InChI is InChI=1S/C20H21N5O4/c1-21-20(29)23-14-8-6-13(7-9-14)22-17(26)10-11-19(28)25-12-18(27)24-15-4-2-3-5-16(15)25/h2-9H,10-12H2,1H3,(H,22,26)(H,24,27)(H2,21,23,29). The topological polar surface area (TPSA) is 120 Å². The van der Waals surface area contributed by atoms with Crippen molar-refractivity contribution in [3.05, 3.63) is 48.5 Å². The molecule has 0 fully saturated rings. The number of hydrogen-bond acceptors (Lipinski definition) is 4. The third-order valence-electron chi connectivity index (χ3n) is 4.29. The number of urea groups is 1. The zero-order valence-corrected chi connectivity index (χ0v) is 15.8. The summed E-state index contributed by atoms with van der Waals surface area (Å²) in [5.74, 6) is -0.889. The van der Waals surface area contributed by atoms with E-state index in [1.165, 1.54) is 11.9 Å². The Hall–Kier alpha value is -3.88. The van der Waals surface area contributed by atoms with Crippen molar-refractivity contribution in [3.8, 4) is 0 Å². The summed E-state index contributed by atoms with van der Waals surface area (Å²) in [6, 6.07) is 13.3. The number of para-hydroxylation sites is 2. The summed E-state index contributed by atoms with van der Waals surface area (Å²) < 4.78 is 0. The Morgan fingerprint density at radius 2 is 1.62 bits per heavy atom. The maximum Gasteiger partial charge on any atom is 0.318 e. The smallest absolute Gasteiger partial charge is 0.318 e. The predicted molar refractivity (Wildman–Crippen MR) is 110 cm³/mol. The molecule has 150 valence electrons. The molecule has 0 unspecified atom stereocenters. The van der Waals surface area contributed by atoms with Crippen molar-refractivity contribution in [2.75, 3.05) is 34.4 Å². The van der Waals surface area contributed by atoms with Gasteiger partial charge in [0.25, 0.3) is 0 Å². The first-order valence-corrected chi connectivity index (χ1v) is 9.04. The van der Waals surface area contributed by atoms with Gasteiger partial charge in [-0.25, -0.2) is 4.79 Å². The fourth-order valence-electron chi connectivity index (χ4n) is 2.87. The first-order chi connectivity index (χ1) is 14.0. The Morgan fingerprint density at radius 1 is 0.966 bits per heavy atom. The van der Waals surface area contributed by atoms with Crippen molar-refractivity contribution >= 4 is 46.5 Å². The normalized spacial score (nSPS) is 12.4. The lowest BCUT2D eigenvalue weighted by Crippen LogP contribution is -2.42. The van der Waals surface area contributed by atoms with E-state index in [1.54, 1.807) is 48.5 Å². The molecule has 1 aliphatic heterocycles. The van der Waals surface area contributed by atoms with Crippen molar-refractivity contribution in [1.82, 2.24) is 5.32 Å². The SMILES string of the molecule is CNC(=O)Nc1ccc(NC(=O)CCC(=O)N2CC(=O)Nc3ccccc32)cc1. The van der Waals surface area contributed by atoms with Gasteiger partial charge in [-0.1, -0.05) is 12.1 Å². The molecule has 0 spiro atoms. The Kier molecular flexibility index (Phi) is 6.08. The molecule has 4 N–H and O–H groups in total. The number of benzene rings is 2. The Bertz CT molecular complexity index is 942. The zero-order chi connectivity index (χ0) is 20.8. The summed E-state index contributed by atoms with van der Waals surface area (Å²) in [4.78, 5) is 49.2. The summed E-state index contributed by atoms with van der Waals surface area (Å²) >= 11 is 0. The maximum atomic E-state index is 12.6. The quantitative estimate of drug-likeness (QED) is 0.620. The van der Waals surface area contributed by atoms with Crippen LogP contribution in [0.15, 0.2) is 48.5 Å². The van der Waals surface area contributed by atoms with E-state index in [9.17, 15) is 19.2 Å². The monoisotopic (exact) mass is 395 g/mol. The summed E-state index contributed by atoms with van der Waals surface area (Å²) in [6.07, 6.45) is -0.0406. The summed E-state index contributed by atoms with van der Waals surface area (Å²) in [5.41, 5.74) is 2.33. The van der Waals surface area contributed by atoms with E-state index in [2.05, 4.69) is 21.3 Å². The van der Waals surface area contributed by atoms with Crippen LogP contribution in [0.2, 0.25) is 0 Å². The van der Waals surface area contributed by atoms with Crippen molar-refractivity contribution in [2.45, 2.75) is 12.8 Å². The molecule has 9 nitrogen and oxygen atoms in total.